The van der Waals surface area contributed by atoms with E-state index < -0.39 is 28.5 Å². The Labute approximate surface area is 212 Å². The number of halogens is 2. The summed E-state index contributed by atoms with van der Waals surface area (Å²) in [6.45, 7) is 5.56. The molecule has 7 nitrogen and oxygen atoms in total. The van der Waals surface area contributed by atoms with E-state index in [-0.39, 0.29) is 40.8 Å². The minimum absolute atomic E-state index is 0.0320. The summed E-state index contributed by atoms with van der Waals surface area (Å²) in [5.41, 5.74) is 6.28. The zero-order chi connectivity index (χ0) is 26.0. The lowest BCUT2D eigenvalue weighted by Crippen LogP contribution is -2.54. The summed E-state index contributed by atoms with van der Waals surface area (Å²) in [6.07, 6.45) is 0.536. The number of ether oxygens (including phenoxy) is 1. The molecule has 0 saturated carbocycles. The number of amides is 1. The van der Waals surface area contributed by atoms with Gasteiger partial charge in [-0.05, 0) is 43.0 Å². The first-order valence-electron chi connectivity index (χ1n) is 11.6. The Bertz CT molecular complexity index is 1410. The number of hydrogen-bond donors (Lipinski definition) is 2. The van der Waals surface area contributed by atoms with Crippen molar-refractivity contribution in [2.45, 2.75) is 39.0 Å². The van der Waals surface area contributed by atoms with Crippen LogP contribution in [0.3, 0.4) is 0 Å². The topological polar surface area (TPSA) is 102 Å². The average molecular weight is 510 g/mol. The van der Waals surface area contributed by atoms with Gasteiger partial charge in [0, 0.05) is 34.6 Å². The minimum atomic E-state index is -1.78. The van der Waals surface area contributed by atoms with Crippen molar-refractivity contribution < 1.29 is 23.5 Å². The van der Waals surface area contributed by atoms with Gasteiger partial charge in [-0.3, -0.25) is 14.5 Å². The van der Waals surface area contributed by atoms with Crippen molar-refractivity contribution in [1.29, 1.82) is 0 Å². The van der Waals surface area contributed by atoms with E-state index in [4.69, 9.17) is 22.1 Å². The number of rotatable bonds is 3. The Hall–Kier alpha value is -3.65. The summed E-state index contributed by atoms with van der Waals surface area (Å²) >= 11 is 6.10. The lowest BCUT2D eigenvalue weighted by Gasteiger charge is -2.47. The van der Waals surface area contributed by atoms with Gasteiger partial charge in [0.2, 0.25) is 5.91 Å². The number of nitrogens with zero attached hydrogens (tertiary/aromatic N) is 1. The molecule has 0 fully saturated rings. The third kappa shape index (κ3) is 3.27. The molecule has 0 aromatic heterocycles. The molecule has 2 heterocycles. The molecular formula is C27H25ClFN3O4. The summed E-state index contributed by atoms with van der Waals surface area (Å²) in [4.78, 5) is 42.9. The summed E-state index contributed by atoms with van der Waals surface area (Å²) < 4.78 is 19.4. The second-order valence-corrected chi connectivity index (χ2v) is 10.3. The fraction of sp³-hybridized carbons (Fsp3) is 0.296. The van der Waals surface area contributed by atoms with Crippen LogP contribution in [-0.4, -0.2) is 24.3 Å². The van der Waals surface area contributed by atoms with E-state index in [1.807, 2.05) is 13.8 Å². The van der Waals surface area contributed by atoms with Gasteiger partial charge in [0.1, 0.15) is 22.6 Å². The Morgan fingerprint density at radius 2 is 1.92 bits per heavy atom. The lowest BCUT2D eigenvalue weighted by atomic mass is 9.60. The van der Waals surface area contributed by atoms with Crippen LogP contribution in [0.4, 0.5) is 15.8 Å². The van der Waals surface area contributed by atoms with Crippen molar-refractivity contribution in [3.05, 3.63) is 81.5 Å². The van der Waals surface area contributed by atoms with E-state index in [0.717, 1.165) is 0 Å². The van der Waals surface area contributed by atoms with E-state index in [2.05, 4.69) is 5.32 Å². The molecule has 0 bridgehead atoms. The standard InChI is InChI=1S/C27H25ClFN3O4/c1-4-36-24(34)22-23(30)32(14-9-10-17(29)16(28)11-14)19-12-26(2,3)13-20(33)21(19)27(22)15-7-5-6-8-18(15)31-25(27)35/h5-11H,4,12-13,30H2,1-3H3,(H,31,35). The number of benzene rings is 2. The zero-order valence-corrected chi connectivity index (χ0v) is 20.8. The van der Waals surface area contributed by atoms with Crippen molar-refractivity contribution in [3.8, 4) is 0 Å². The van der Waals surface area contributed by atoms with E-state index in [9.17, 15) is 18.8 Å². The molecule has 1 aliphatic carbocycles. The van der Waals surface area contributed by atoms with E-state index in [1.54, 1.807) is 31.2 Å². The van der Waals surface area contributed by atoms with Crippen LogP contribution in [-0.2, 0) is 24.5 Å². The quantitative estimate of drug-likeness (QED) is 0.588. The van der Waals surface area contributed by atoms with Crippen molar-refractivity contribution in [1.82, 2.24) is 0 Å². The smallest absolute Gasteiger partial charge is 0.339 e. The van der Waals surface area contributed by atoms with Gasteiger partial charge in [-0.1, -0.05) is 43.6 Å². The van der Waals surface area contributed by atoms with Crippen LogP contribution < -0.4 is 16.0 Å². The van der Waals surface area contributed by atoms with Gasteiger partial charge in [0.15, 0.2) is 5.78 Å². The van der Waals surface area contributed by atoms with E-state index in [0.29, 0.717) is 29.1 Å². The third-order valence-electron chi connectivity index (χ3n) is 6.93. The zero-order valence-electron chi connectivity index (χ0n) is 20.1. The summed E-state index contributed by atoms with van der Waals surface area (Å²) in [6, 6.07) is 11.0. The van der Waals surface area contributed by atoms with Crippen molar-refractivity contribution >= 4 is 40.6 Å². The Balaban J connectivity index is 1.92. The molecule has 3 N–H and O–H groups in total. The Kier molecular flexibility index (Phi) is 5.48. The predicted molar refractivity (Wildman–Crippen MR) is 134 cm³/mol. The van der Waals surface area contributed by atoms with Crippen LogP contribution in [0.25, 0.3) is 0 Å². The first-order chi connectivity index (χ1) is 17.0. The fourth-order valence-corrected chi connectivity index (χ4v) is 5.79. The van der Waals surface area contributed by atoms with Gasteiger partial charge >= 0.3 is 5.97 Å². The average Bonchev–Trinajstić information content (AvgIpc) is 3.07. The molecule has 5 rings (SSSR count). The molecular weight excluding hydrogens is 485 g/mol. The number of fused-ring (bicyclic) bond motifs is 3. The Morgan fingerprint density at radius 1 is 1.19 bits per heavy atom. The predicted octanol–water partition coefficient (Wildman–Crippen LogP) is 4.57. The van der Waals surface area contributed by atoms with Crippen LogP contribution >= 0.6 is 11.6 Å². The highest BCUT2D eigenvalue weighted by Gasteiger charge is 2.62. The largest absolute Gasteiger partial charge is 0.462 e. The molecule has 1 atom stereocenters. The number of allylic oxidation sites excluding steroid dienone is 1. The van der Waals surface area contributed by atoms with Crippen molar-refractivity contribution in [2.75, 3.05) is 16.8 Å². The van der Waals surface area contributed by atoms with Gasteiger partial charge in [-0.2, -0.15) is 0 Å². The number of nitrogens with two attached hydrogens (primary N) is 1. The van der Waals surface area contributed by atoms with Crippen LogP contribution in [0, 0.1) is 11.2 Å². The highest BCUT2D eigenvalue weighted by molar-refractivity contribution is 6.31. The molecule has 1 amide bonds. The van der Waals surface area contributed by atoms with Gasteiger partial charge in [0.05, 0.1) is 11.6 Å². The van der Waals surface area contributed by atoms with Crippen molar-refractivity contribution in [2.24, 2.45) is 11.1 Å². The van der Waals surface area contributed by atoms with E-state index in [1.165, 1.54) is 23.1 Å². The maximum absolute atomic E-state index is 14.1. The fourth-order valence-electron chi connectivity index (χ4n) is 5.61. The molecule has 186 valence electrons. The molecule has 0 saturated heterocycles. The van der Waals surface area contributed by atoms with Crippen LogP contribution in [0.1, 0.15) is 39.2 Å². The normalized spacial score (nSPS) is 22.5. The molecule has 0 radical (unpaired) electrons. The molecule has 1 spiro atoms. The third-order valence-corrected chi connectivity index (χ3v) is 7.22. The first-order valence-corrected chi connectivity index (χ1v) is 12.0. The molecule has 2 aromatic carbocycles. The number of esters is 1. The molecule has 9 heteroatoms. The first kappa shape index (κ1) is 24.1. The number of hydrogen-bond acceptors (Lipinski definition) is 6. The van der Waals surface area contributed by atoms with Crippen molar-refractivity contribution in [3.63, 3.8) is 0 Å². The minimum Gasteiger partial charge on any atom is -0.462 e. The molecule has 2 aliphatic heterocycles. The second-order valence-electron chi connectivity index (χ2n) is 9.93. The molecule has 2 aromatic rings. The van der Waals surface area contributed by atoms with Crippen LogP contribution in [0.2, 0.25) is 5.02 Å². The Morgan fingerprint density at radius 3 is 2.61 bits per heavy atom. The number of Topliss-reactive ketones (excluding diaryl/α,β-unsaturated/α-hetero) is 1. The number of nitrogens with one attached hydrogen (secondary N) is 1. The number of carbonyl (C=O) groups excluding carboxylic acids is 3. The highest BCUT2D eigenvalue weighted by atomic mass is 35.5. The summed E-state index contributed by atoms with van der Waals surface area (Å²) in [7, 11) is 0. The highest BCUT2D eigenvalue weighted by Crippen LogP contribution is 2.57. The second kappa shape index (κ2) is 8.20. The molecule has 1 unspecified atom stereocenters. The number of anilines is 2. The maximum Gasteiger partial charge on any atom is 0.339 e. The van der Waals surface area contributed by atoms with Gasteiger partial charge in [0.25, 0.3) is 0 Å². The SMILES string of the molecule is CCOC(=O)C1=C(N)N(c2ccc(F)c(Cl)c2)C2=C(C(=O)CC(C)(C)C2)C12C(=O)Nc1ccccc12. The monoisotopic (exact) mass is 509 g/mol. The van der Waals surface area contributed by atoms with Crippen LogP contribution in [0.15, 0.2) is 65.1 Å². The summed E-state index contributed by atoms with van der Waals surface area (Å²) in [5.74, 6) is -2.34. The maximum atomic E-state index is 14.1. The molecule has 36 heavy (non-hydrogen) atoms. The number of para-hydroxylation sites is 1. The van der Waals surface area contributed by atoms with Crippen LogP contribution in [0.5, 0.6) is 0 Å². The van der Waals surface area contributed by atoms with Gasteiger partial charge < -0.3 is 15.8 Å². The summed E-state index contributed by atoms with van der Waals surface area (Å²) in [5, 5.41) is 2.69. The van der Waals surface area contributed by atoms with Gasteiger partial charge in [-0.25, -0.2) is 9.18 Å². The lowest BCUT2D eigenvalue weighted by molar-refractivity contribution is -0.140. The van der Waals surface area contributed by atoms with Gasteiger partial charge in [-0.15, -0.1) is 0 Å². The van der Waals surface area contributed by atoms with E-state index >= 15 is 0 Å². The number of ketones is 1. The molecule has 3 aliphatic rings. The number of carbonyl (C=O) groups is 3.